The third-order valence-electron chi connectivity index (χ3n) is 5.38. The standard InChI is InChI=1S/C20H27Cl2N3S/c1-2-11-26-19-23-20(25-24-19,16-12-17(21)14-18(22)13-16)15-9-7-5-3-4-6-8-10-15/h1,12-15,19,23-25H,3-11H2. The van der Waals surface area contributed by atoms with Gasteiger partial charge in [-0.2, -0.15) is 0 Å². The van der Waals surface area contributed by atoms with Gasteiger partial charge >= 0.3 is 0 Å². The molecule has 3 N–H and O–H groups in total. The van der Waals surface area contributed by atoms with Gasteiger partial charge in [0, 0.05) is 10.0 Å². The van der Waals surface area contributed by atoms with Gasteiger partial charge in [0.1, 0.15) is 11.2 Å². The molecule has 3 nitrogen and oxygen atoms in total. The van der Waals surface area contributed by atoms with Crippen LogP contribution < -0.4 is 16.2 Å². The number of benzene rings is 1. The van der Waals surface area contributed by atoms with E-state index < -0.39 is 0 Å². The maximum Gasteiger partial charge on any atom is 0.121 e. The van der Waals surface area contributed by atoms with Crippen LogP contribution >= 0.6 is 35.0 Å². The van der Waals surface area contributed by atoms with Crippen molar-refractivity contribution in [3.8, 4) is 12.3 Å². The van der Waals surface area contributed by atoms with Gasteiger partial charge in [-0.25, -0.2) is 10.9 Å². The molecule has 1 saturated carbocycles. The van der Waals surface area contributed by atoms with Crippen molar-refractivity contribution in [3.63, 3.8) is 0 Å². The third-order valence-corrected chi connectivity index (χ3v) is 6.72. The van der Waals surface area contributed by atoms with Gasteiger partial charge in [0.05, 0.1) is 5.75 Å². The highest BCUT2D eigenvalue weighted by atomic mass is 35.5. The lowest BCUT2D eigenvalue weighted by Crippen LogP contribution is -2.53. The molecule has 0 amide bonds. The van der Waals surface area contributed by atoms with Crippen molar-refractivity contribution in [2.24, 2.45) is 5.92 Å². The van der Waals surface area contributed by atoms with Crippen LogP contribution in [0.15, 0.2) is 18.2 Å². The predicted molar refractivity (Wildman–Crippen MR) is 113 cm³/mol. The normalized spacial score (nSPS) is 28.1. The lowest BCUT2D eigenvalue weighted by atomic mass is 9.80. The number of rotatable bonds is 4. The Morgan fingerprint density at radius 3 is 2.27 bits per heavy atom. The number of hydrogen-bond donors (Lipinski definition) is 3. The summed E-state index contributed by atoms with van der Waals surface area (Å²) in [5.74, 6) is 3.81. The van der Waals surface area contributed by atoms with Crippen LogP contribution in [0.2, 0.25) is 10.0 Å². The smallest absolute Gasteiger partial charge is 0.121 e. The number of terminal acetylenes is 1. The van der Waals surface area contributed by atoms with E-state index in [1.807, 2.05) is 12.1 Å². The molecule has 142 valence electrons. The molecule has 2 aliphatic rings. The maximum absolute atomic E-state index is 6.34. The molecule has 1 aliphatic heterocycles. The van der Waals surface area contributed by atoms with Crippen LogP contribution in [0.5, 0.6) is 0 Å². The molecule has 3 rings (SSSR count). The van der Waals surface area contributed by atoms with E-state index in [2.05, 4.69) is 22.1 Å². The van der Waals surface area contributed by atoms with E-state index in [-0.39, 0.29) is 11.2 Å². The van der Waals surface area contributed by atoms with E-state index in [9.17, 15) is 0 Å². The zero-order valence-corrected chi connectivity index (χ0v) is 17.3. The lowest BCUT2D eigenvalue weighted by Gasteiger charge is -2.38. The Morgan fingerprint density at radius 2 is 1.65 bits per heavy atom. The molecule has 6 heteroatoms. The highest BCUT2D eigenvalue weighted by Gasteiger charge is 2.45. The first-order valence-corrected chi connectivity index (χ1v) is 11.3. The van der Waals surface area contributed by atoms with E-state index >= 15 is 0 Å². The molecular weight excluding hydrogens is 385 g/mol. The zero-order valence-electron chi connectivity index (χ0n) is 15.0. The first-order chi connectivity index (χ1) is 12.6. The van der Waals surface area contributed by atoms with Crippen LogP contribution in [-0.4, -0.2) is 11.3 Å². The molecule has 0 radical (unpaired) electrons. The van der Waals surface area contributed by atoms with E-state index in [4.69, 9.17) is 29.6 Å². The molecule has 1 aromatic rings. The Balaban J connectivity index is 1.91. The van der Waals surface area contributed by atoms with Gasteiger partial charge in [-0.15, -0.1) is 18.2 Å². The second kappa shape index (κ2) is 9.68. The topological polar surface area (TPSA) is 36.1 Å². The number of hydrogen-bond acceptors (Lipinski definition) is 4. The van der Waals surface area contributed by atoms with Crippen LogP contribution in [0.3, 0.4) is 0 Å². The van der Waals surface area contributed by atoms with Gasteiger partial charge in [0.15, 0.2) is 0 Å². The molecule has 2 atom stereocenters. The SMILES string of the molecule is C#CCSC1NNC(c2cc(Cl)cc(Cl)c2)(C2CCCCCCCC2)N1. The summed E-state index contributed by atoms with van der Waals surface area (Å²) in [5.41, 5.74) is 7.72. The van der Waals surface area contributed by atoms with Gasteiger partial charge in [-0.1, -0.05) is 67.6 Å². The summed E-state index contributed by atoms with van der Waals surface area (Å²) in [6.07, 6.45) is 15.6. The Kier molecular flexibility index (Phi) is 7.57. The van der Waals surface area contributed by atoms with E-state index in [1.54, 1.807) is 17.8 Å². The highest BCUT2D eigenvalue weighted by Crippen LogP contribution is 2.40. The molecule has 0 bridgehead atoms. The summed E-state index contributed by atoms with van der Waals surface area (Å²) in [4.78, 5) is 0. The van der Waals surface area contributed by atoms with Crippen molar-refractivity contribution in [2.75, 3.05) is 5.75 Å². The fourth-order valence-electron chi connectivity index (χ4n) is 4.13. The minimum atomic E-state index is -0.384. The van der Waals surface area contributed by atoms with Crippen molar-refractivity contribution in [1.82, 2.24) is 16.2 Å². The number of thioether (sulfide) groups is 1. The zero-order chi connectivity index (χ0) is 18.4. The van der Waals surface area contributed by atoms with Gasteiger partial charge < -0.3 is 0 Å². The molecule has 0 spiro atoms. The minimum Gasteiger partial charge on any atom is -0.269 e. The Hall–Kier alpha value is -0.410. The van der Waals surface area contributed by atoms with Gasteiger partial charge in [0.2, 0.25) is 0 Å². The van der Waals surface area contributed by atoms with Crippen molar-refractivity contribution in [2.45, 2.75) is 62.5 Å². The first-order valence-electron chi connectivity index (χ1n) is 9.46. The number of halogens is 2. The highest BCUT2D eigenvalue weighted by molar-refractivity contribution is 8.00. The van der Waals surface area contributed by atoms with Crippen molar-refractivity contribution < 1.29 is 0 Å². The molecule has 2 unspecified atom stereocenters. The Morgan fingerprint density at radius 1 is 1.04 bits per heavy atom. The fourth-order valence-corrected chi connectivity index (χ4v) is 5.33. The second-order valence-electron chi connectivity index (χ2n) is 7.17. The maximum atomic E-state index is 6.34. The van der Waals surface area contributed by atoms with E-state index in [0.29, 0.717) is 21.7 Å². The van der Waals surface area contributed by atoms with Gasteiger partial charge in [-0.3, -0.25) is 5.32 Å². The summed E-state index contributed by atoms with van der Waals surface area (Å²) in [6, 6.07) is 5.84. The van der Waals surface area contributed by atoms with E-state index in [1.165, 1.54) is 51.4 Å². The summed E-state index contributed by atoms with van der Waals surface area (Å²) < 4.78 is 0. The monoisotopic (exact) mass is 411 g/mol. The Bertz CT molecular complexity index is 618. The molecule has 1 saturated heterocycles. The third kappa shape index (κ3) is 4.90. The fraction of sp³-hybridized carbons (Fsp3) is 0.600. The number of hydrazine groups is 1. The average molecular weight is 412 g/mol. The number of nitrogens with one attached hydrogen (secondary N) is 3. The molecule has 0 aromatic heterocycles. The van der Waals surface area contributed by atoms with Crippen molar-refractivity contribution in [3.05, 3.63) is 33.8 Å². The Labute approximate surface area is 171 Å². The van der Waals surface area contributed by atoms with Crippen LogP contribution in [0.4, 0.5) is 0 Å². The molecule has 2 fully saturated rings. The summed E-state index contributed by atoms with van der Waals surface area (Å²) in [5, 5.41) is 5.11. The van der Waals surface area contributed by atoms with Crippen LogP contribution in [0.25, 0.3) is 0 Å². The molecule has 1 heterocycles. The van der Waals surface area contributed by atoms with Crippen molar-refractivity contribution in [1.29, 1.82) is 0 Å². The average Bonchev–Trinajstić information content (AvgIpc) is 3.09. The lowest BCUT2D eigenvalue weighted by molar-refractivity contribution is 0.171. The predicted octanol–water partition coefficient (Wildman–Crippen LogP) is 5.24. The van der Waals surface area contributed by atoms with Crippen molar-refractivity contribution >= 4 is 35.0 Å². The molecule has 1 aromatic carbocycles. The summed E-state index contributed by atoms with van der Waals surface area (Å²) in [6.45, 7) is 0. The van der Waals surface area contributed by atoms with Crippen LogP contribution in [0, 0.1) is 18.3 Å². The summed E-state index contributed by atoms with van der Waals surface area (Å²) >= 11 is 14.4. The molecule has 26 heavy (non-hydrogen) atoms. The largest absolute Gasteiger partial charge is 0.269 e. The van der Waals surface area contributed by atoms with E-state index in [0.717, 1.165) is 5.56 Å². The quantitative estimate of drug-likeness (QED) is 0.591. The van der Waals surface area contributed by atoms with Gasteiger partial charge in [-0.05, 0) is 42.5 Å². The minimum absolute atomic E-state index is 0.0523. The van der Waals surface area contributed by atoms with Crippen LogP contribution in [-0.2, 0) is 5.66 Å². The van der Waals surface area contributed by atoms with Gasteiger partial charge in [0.25, 0.3) is 0 Å². The molecular formula is C20H27Cl2N3S. The first kappa shape index (κ1) is 20.3. The molecule has 1 aliphatic carbocycles. The van der Waals surface area contributed by atoms with Crippen LogP contribution in [0.1, 0.15) is 56.9 Å². The second-order valence-corrected chi connectivity index (χ2v) is 9.14. The summed E-state index contributed by atoms with van der Waals surface area (Å²) in [7, 11) is 0.